The molecule has 3 aromatic rings. The molecule has 0 aliphatic carbocycles. The third kappa shape index (κ3) is 3.88. The second-order valence-corrected chi connectivity index (χ2v) is 8.64. The molecule has 6 amide bonds. The predicted octanol–water partition coefficient (Wildman–Crippen LogP) is 3.00. The Morgan fingerprint density at radius 1 is 0.919 bits per heavy atom. The summed E-state index contributed by atoms with van der Waals surface area (Å²) in [5.74, 6) is -1.96. The molecule has 1 atom stereocenters. The zero-order valence-corrected chi connectivity index (χ0v) is 20.0. The lowest BCUT2D eigenvalue weighted by Crippen LogP contribution is -2.47. The Balaban J connectivity index is 1.36. The molecule has 2 N–H and O–H groups in total. The minimum absolute atomic E-state index is 0.00218. The van der Waals surface area contributed by atoms with Gasteiger partial charge in [0.2, 0.25) is 0 Å². The van der Waals surface area contributed by atoms with Crippen LogP contribution in [0.1, 0.15) is 50.5 Å². The Kier molecular flexibility index (Phi) is 5.71. The maximum atomic E-state index is 13.1. The zero-order valence-electron chi connectivity index (χ0n) is 20.0. The highest BCUT2D eigenvalue weighted by Gasteiger charge is 2.50. The van der Waals surface area contributed by atoms with Crippen molar-refractivity contribution >= 4 is 35.3 Å². The van der Waals surface area contributed by atoms with Crippen LogP contribution in [0.25, 0.3) is 0 Å². The van der Waals surface area contributed by atoms with Crippen molar-refractivity contribution in [2.75, 3.05) is 11.5 Å². The quantitative estimate of drug-likeness (QED) is 0.398. The number of ether oxygens (including phenoxy) is 1. The first kappa shape index (κ1) is 23.7. The molecule has 10 nitrogen and oxygen atoms in total. The molecular weight excluding hydrogens is 476 g/mol. The number of imide groups is 2. The summed E-state index contributed by atoms with van der Waals surface area (Å²) < 4.78 is 5.40. The van der Waals surface area contributed by atoms with Gasteiger partial charge in [-0.3, -0.25) is 24.6 Å². The van der Waals surface area contributed by atoms with E-state index in [0.29, 0.717) is 28.6 Å². The van der Waals surface area contributed by atoms with Crippen LogP contribution in [0.3, 0.4) is 0 Å². The highest BCUT2D eigenvalue weighted by molar-refractivity contribution is 6.34. The number of carbonyl (C=O) groups is 5. The Hall–Kier alpha value is -4.99. The lowest BCUT2D eigenvalue weighted by molar-refractivity contribution is -0.132. The maximum absolute atomic E-state index is 13.1. The molecular formula is C27H22N4O6. The predicted molar refractivity (Wildman–Crippen MR) is 132 cm³/mol. The van der Waals surface area contributed by atoms with E-state index >= 15 is 0 Å². The second-order valence-electron chi connectivity index (χ2n) is 8.64. The molecule has 1 saturated heterocycles. The van der Waals surface area contributed by atoms with Crippen molar-refractivity contribution in [3.05, 3.63) is 95.1 Å². The smallest absolute Gasteiger partial charge is 0.344 e. The van der Waals surface area contributed by atoms with Gasteiger partial charge in [-0.05, 0) is 61.9 Å². The molecule has 1 fully saturated rings. The van der Waals surface area contributed by atoms with E-state index in [1.165, 1.54) is 18.2 Å². The lowest BCUT2D eigenvalue weighted by atomic mass is 9.92. The normalized spacial score (nSPS) is 18.6. The van der Waals surface area contributed by atoms with Crippen LogP contribution >= 0.6 is 0 Å². The van der Waals surface area contributed by atoms with Gasteiger partial charge in [-0.25, -0.2) is 9.69 Å². The molecule has 0 saturated carbocycles. The molecule has 1 unspecified atom stereocenters. The van der Waals surface area contributed by atoms with E-state index in [-0.39, 0.29) is 16.7 Å². The minimum atomic E-state index is -1.36. The van der Waals surface area contributed by atoms with Gasteiger partial charge in [-0.1, -0.05) is 30.3 Å². The number of benzene rings is 3. The molecule has 2 heterocycles. The van der Waals surface area contributed by atoms with Crippen LogP contribution in [-0.2, 0) is 10.3 Å². The number of amides is 6. The highest BCUT2D eigenvalue weighted by Crippen LogP contribution is 2.31. The molecule has 0 radical (unpaired) electrons. The zero-order chi connectivity index (χ0) is 26.3. The van der Waals surface area contributed by atoms with E-state index in [2.05, 4.69) is 10.7 Å². The molecule has 2 aliphatic heterocycles. The molecule has 0 bridgehead atoms. The average molecular weight is 498 g/mol. The van der Waals surface area contributed by atoms with Gasteiger partial charge in [0.1, 0.15) is 11.3 Å². The van der Waals surface area contributed by atoms with E-state index < -0.39 is 35.2 Å². The number of hydrazine groups is 1. The minimum Gasteiger partial charge on any atom is -0.494 e. The summed E-state index contributed by atoms with van der Waals surface area (Å²) in [5, 5.41) is 3.21. The van der Waals surface area contributed by atoms with Gasteiger partial charge in [0.05, 0.1) is 23.4 Å². The van der Waals surface area contributed by atoms with Crippen LogP contribution < -0.4 is 20.4 Å². The summed E-state index contributed by atoms with van der Waals surface area (Å²) in [7, 11) is 0. The van der Waals surface area contributed by atoms with Gasteiger partial charge >= 0.3 is 6.03 Å². The van der Waals surface area contributed by atoms with Crippen molar-refractivity contribution < 1.29 is 28.7 Å². The topological polar surface area (TPSA) is 125 Å². The Morgan fingerprint density at radius 2 is 1.59 bits per heavy atom. The number of rotatable bonds is 6. The lowest BCUT2D eigenvalue weighted by Gasteiger charge is -2.22. The van der Waals surface area contributed by atoms with Gasteiger partial charge in [0.15, 0.2) is 0 Å². The van der Waals surface area contributed by atoms with Gasteiger partial charge in [-0.2, -0.15) is 5.01 Å². The largest absolute Gasteiger partial charge is 0.494 e. The molecule has 2 aliphatic rings. The number of anilines is 1. The first-order valence-electron chi connectivity index (χ1n) is 11.5. The maximum Gasteiger partial charge on any atom is 0.344 e. The first-order valence-corrected chi connectivity index (χ1v) is 11.5. The summed E-state index contributed by atoms with van der Waals surface area (Å²) in [6.07, 6.45) is 0. The van der Waals surface area contributed by atoms with E-state index in [9.17, 15) is 24.0 Å². The van der Waals surface area contributed by atoms with Gasteiger partial charge < -0.3 is 10.1 Å². The van der Waals surface area contributed by atoms with E-state index in [1.54, 1.807) is 61.5 Å². The van der Waals surface area contributed by atoms with Crippen LogP contribution in [0.15, 0.2) is 72.8 Å². The Labute approximate surface area is 211 Å². The van der Waals surface area contributed by atoms with Crippen molar-refractivity contribution in [2.24, 2.45) is 0 Å². The Bertz CT molecular complexity index is 1450. The fraction of sp³-hybridized carbons (Fsp3) is 0.148. The fourth-order valence-electron chi connectivity index (χ4n) is 4.35. The number of nitrogens with one attached hydrogen (secondary N) is 2. The number of nitrogens with zero attached hydrogens (tertiary/aromatic N) is 2. The molecule has 186 valence electrons. The molecule has 10 heteroatoms. The number of hydrogen-bond donors (Lipinski definition) is 2. The average Bonchev–Trinajstić information content (AvgIpc) is 3.29. The van der Waals surface area contributed by atoms with Gasteiger partial charge in [-0.15, -0.1) is 0 Å². The monoisotopic (exact) mass is 498 g/mol. The molecule has 0 spiro atoms. The van der Waals surface area contributed by atoms with Crippen molar-refractivity contribution in [3.8, 4) is 5.75 Å². The molecule has 37 heavy (non-hydrogen) atoms. The SMILES string of the molecule is CCOc1ccc(N2C(=O)c3ccc(C(=O)NN4C(=O)NC(C)(c5ccccc5)C4=O)cc3C2=O)cc1. The molecule has 5 rings (SSSR count). The molecule has 0 aromatic heterocycles. The van der Waals surface area contributed by atoms with E-state index in [4.69, 9.17) is 4.74 Å². The van der Waals surface area contributed by atoms with E-state index in [0.717, 1.165) is 4.90 Å². The van der Waals surface area contributed by atoms with Crippen LogP contribution in [-0.4, -0.2) is 41.3 Å². The van der Waals surface area contributed by atoms with Crippen LogP contribution in [0.4, 0.5) is 10.5 Å². The molecule has 3 aromatic carbocycles. The standard InChI is InChI=1S/C27H22N4O6/c1-3-37-19-12-10-18(11-13-19)30-23(33)20-14-9-16(15-21(20)24(30)34)22(32)29-31-25(35)27(2,28-26(31)36)17-7-5-4-6-8-17/h4-15H,3H2,1-2H3,(H,28,36)(H,29,32). The highest BCUT2D eigenvalue weighted by atomic mass is 16.5. The van der Waals surface area contributed by atoms with Gasteiger partial charge in [0.25, 0.3) is 23.6 Å². The summed E-state index contributed by atoms with van der Waals surface area (Å²) in [6.45, 7) is 3.87. The summed E-state index contributed by atoms with van der Waals surface area (Å²) in [6, 6.07) is 18.4. The second kappa shape index (κ2) is 8.90. The number of hydrogen-bond acceptors (Lipinski definition) is 6. The van der Waals surface area contributed by atoms with Crippen molar-refractivity contribution in [3.63, 3.8) is 0 Å². The fourth-order valence-corrected chi connectivity index (χ4v) is 4.35. The van der Waals surface area contributed by atoms with Crippen molar-refractivity contribution in [1.29, 1.82) is 0 Å². The third-order valence-electron chi connectivity index (χ3n) is 6.31. The van der Waals surface area contributed by atoms with Gasteiger partial charge in [0, 0.05) is 5.56 Å². The first-order chi connectivity index (χ1) is 17.7. The van der Waals surface area contributed by atoms with Crippen LogP contribution in [0.2, 0.25) is 0 Å². The Morgan fingerprint density at radius 3 is 2.27 bits per heavy atom. The van der Waals surface area contributed by atoms with E-state index in [1.807, 2.05) is 6.92 Å². The van der Waals surface area contributed by atoms with Crippen LogP contribution in [0, 0.1) is 0 Å². The third-order valence-corrected chi connectivity index (χ3v) is 6.31. The number of fused-ring (bicyclic) bond motifs is 1. The van der Waals surface area contributed by atoms with Crippen LogP contribution in [0.5, 0.6) is 5.75 Å². The van der Waals surface area contributed by atoms with Crippen molar-refractivity contribution in [2.45, 2.75) is 19.4 Å². The summed E-state index contributed by atoms with van der Waals surface area (Å²) in [5.41, 5.74) is 2.05. The number of carbonyl (C=O) groups excluding carboxylic acids is 5. The number of urea groups is 1. The summed E-state index contributed by atoms with van der Waals surface area (Å²) >= 11 is 0. The van der Waals surface area contributed by atoms with Crippen molar-refractivity contribution in [1.82, 2.24) is 15.8 Å². The summed E-state index contributed by atoms with van der Waals surface area (Å²) in [4.78, 5) is 65.6.